The van der Waals surface area contributed by atoms with Gasteiger partial charge in [-0.25, -0.2) is 0 Å². The van der Waals surface area contributed by atoms with Gasteiger partial charge in [0.2, 0.25) is 0 Å². The minimum absolute atomic E-state index is 0.159. The van der Waals surface area contributed by atoms with E-state index in [9.17, 15) is 9.90 Å². The van der Waals surface area contributed by atoms with Crippen molar-refractivity contribution in [2.45, 2.75) is 24.9 Å². The average Bonchev–Trinajstić information content (AvgIpc) is 3.33. The zero-order chi connectivity index (χ0) is 22.8. The van der Waals surface area contributed by atoms with Gasteiger partial charge in [0, 0.05) is 25.1 Å². The van der Waals surface area contributed by atoms with E-state index in [0.29, 0.717) is 18.4 Å². The summed E-state index contributed by atoms with van der Waals surface area (Å²) in [5.74, 6) is 1.93. The molecule has 1 saturated heterocycles. The van der Waals surface area contributed by atoms with E-state index in [-0.39, 0.29) is 5.78 Å². The maximum atomic E-state index is 12.9. The molecule has 33 heavy (non-hydrogen) atoms. The molecule has 2 aliphatic rings. The molecule has 0 unspecified atom stereocenters. The van der Waals surface area contributed by atoms with Gasteiger partial charge in [-0.2, -0.15) is 0 Å². The molecule has 0 spiro atoms. The molecule has 0 aromatic heterocycles. The lowest BCUT2D eigenvalue weighted by molar-refractivity contribution is 0.0355. The Morgan fingerprint density at radius 2 is 1.64 bits per heavy atom. The van der Waals surface area contributed by atoms with Crippen molar-refractivity contribution in [3.8, 4) is 16.9 Å². The topological polar surface area (TPSA) is 49.8 Å². The summed E-state index contributed by atoms with van der Waals surface area (Å²) in [6, 6.07) is 26.1. The number of benzene rings is 3. The van der Waals surface area contributed by atoms with Crippen LogP contribution in [-0.2, 0) is 6.42 Å². The number of hydrogen-bond donors (Lipinski definition) is 1. The Morgan fingerprint density at radius 3 is 2.30 bits per heavy atom. The lowest BCUT2D eigenvalue weighted by Crippen LogP contribution is -2.34. The molecule has 1 heterocycles. The summed E-state index contributed by atoms with van der Waals surface area (Å²) in [4.78, 5) is 15.2. The van der Waals surface area contributed by atoms with Gasteiger partial charge in [0.15, 0.2) is 5.78 Å². The highest BCUT2D eigenvalue weighted by Gasteiger charge is 2.48. The first-order valence-electron chi connectivity index (χ1n) is 11.8. The Hall–Kier alpha value is -2.95. The first-order valence-corrected chi connectivity index (χ1v) is 11.8. The largest absolute Gasteiger partial charge is 0.497 e. The van der Waals surface area contributed by atoms with Crippen molar-refractivity contribution in [3.63, 3.8) is 0 Å². The van der Waals surface area contributed by atoms with E-state index in [4.69, 9.17) is 4.74 Å². The number of hydrogen-bond acceptors (Lipinski definition) is 4. The SMILES string of the molecule is COc1cccc(-c2ccc(C(=O)CN3C[C@@H]4C[C@@](O)(Cc5ccccc5)C[C@@H]4C3)cc2)c1. The molecule has 5 rings (SSSR count). The first kappa shape index (κ1) is 21.9. The van der Waals surface area contributed by atoms with Gasteiger partial charge < -0.3 is 9.84 Å². The fourth-order valence-electron chi connectivity index (χ4n) is 5.75. The summed E-state index contributed by atoms with van der Waals surface area (Å²) in [5.41, 5.74) is 3.48. The van der Waals surface area contributed by atoms with E-state index in [2.05, 4.69) is 17.0 Å². The Labute approximate surface area is 195 Å². The summed E-state index contributed by atoms with van der Waals surface area (Å²) < 4.78 is 5.31. The van der Waals surface area contributed by atoms with E-state index in [0.717, 1.165) is 54.8 Å². The van der Waals surface area contributed by atoms with Crippen LogP contribution in [0.2, 0.25) is 0 Å². The number of Topliss-reactive ketones (excluding diaryl/α,β-unsaturated/α-hetero) is 1. The Morgan fingerprint density at radius 1 is 0.939 bits per heavy atom. The van der Waals surface area contributed by atoms with Crippen LogP contribution in [0.3, 0.4) is 0 Å². The van der Waals surface area contributed by atoms with Crippen LogP contribution in [0.5, 0.6) is 5.75 Å². The van der Waals surface area contributed by atoms with Gasteiger partial charge in [0.05, 0.1) is 19.3 Å². The summed E-state index contributed by atoms with van der Waals surface area (Å²) >= 11 is 0. The van der Waals surface area contributed by atoms with Gasteiger partial charge in [-0.05, 0) is 53.5 Å². The highest BCUT2D eigenvalue weighted by atomic mass is 16.5. The van der Waals surface area contributed by atoms with Crippen molar-refractivity contribution in [1.29, 1.82) is 0 Å². The highest BCUT2D eigenvalue weighted by Crippen LogP contribution is 2.45. The minimum Gasteiger partial charge on any atom is -0.497 e. The lowest BCUT2D eigenvalue weighted by Gasteiger charge is -2.26. The standard InChI is InChI=1S/C29H31NO3/c1-33-27-9-5-8-24(14-27)22-10-12-23(13-11-22)28(31)20-30-18-25-16-29(32,17-26(25)19-30)15-21-6-3-2-4-7-21/h2-14,25-26,32H,15-20H2,1H3/t25-,26+,29-. The molecule has 2 fully saturated rings. The number of rotatable bonds is 7. The van der Waals surface area contributed by atoms with Crippen LogP contribution < -0.4 is 4.74 Å². The van der Waals surface area contributed by atoms with Crippen molar-refractivity contribution in [2.75, 3.05) is 26.7 Å². The molecule has 1 saturated carbocycles. The molecule has 1 N–H and O–H groups in total. The monoisotopic (exact) mass is 441 g/mol. The predicted molar refractivity (Wildman–Crippen MR) is 131 cm³/mol. The first-order chi connectivity index (χ1) is 16.0. The van der Waals surface area contributed by atoms with Crippen LogP contribution in [-0.4, -0.2) is 48.1 Å². The number of carbonyl (C=O) groups is 1. The maximum Gasteiger partial charge on any atom is 0.176 e. The quantitative estimate of drug-likeness (QED) is 0.532. The van der Waals surface area contributed by atoms with Crippen molar-refractivity contribution in [3.05, 3.63) is 90.0 Å². The Kier molecular flexibility index (Phi) is 6.05. The predicted octanol–water partition coefficient (Wildman–Crippen LogP) is 4.86. The Balaban J connectivity index is 1.17. The number of ether oxygens (including phenoxy) is 1. The zero-order valence-electron chi connectivity index (χ0n) is 19.1. The number of methoxy groups -OCH3 is 1. The number of likely N-dealkylation sites (tertiary alicyclic amines) is 1. The molecule has 0 radical (unpaired) electrons. The summed E-state index contributed by atoms with van der Waals surface area (Å²) in [7, 11) is 1.66. The molecule has 4 heteroatoms. The van der Waals surface area contributed by atoms with Crippen LogP contribution in [0, 0.1) is 11.8 Å². The number of ketones is 1. The Bertz CT molecular complexity index is 1100. The normalized spacial score (nSPS) is 24.5. The van der Waals surface area contributed by atoms with Crippen LogP contribution >= 0.6 is 0 Å². The van der Waals surface area contributed by atoms with Crippen molar-refractivity contribution in [2.24, 2.45) is 11.8 Å². The average molecular weight is 442 g/mol. The van der Waals surface area contributed by atoms with E-state index < -0.39 is 5.60 Å². The van der Waals surface area contributed by atoms with E-state index in [1.165, 1.54) is 5.56 Å². The zero-order valence-corrected chi connectivity index (χ0v) is 19.1. The molecule has 0 bridgehead atoms. The van der Waals surface area contributed by atoms with Crippen LogP contribution in [0.4, 0.5) is 0 Å². The number of aliphatic hydroxyl groups is 1. The summed E-state index contributed by atoms with van der Waals surface area (Å²) in [6.07, 6.45) is 2.37. The molecular weight excluding hydrogens is 410 g/mol. The summed E-state index contributed by atoms with van der Waals surface area (Å²) in [5, 5.41) is 11.2. The number of carbonyl (C=O) groups excluding carboxylic acids is 1. The fraction of sp³-hybridized carbons (Fsp3) is 0.345. The van der Waals surface area contributed by atoms with Crippen molar-refractivity contribution in [1.82, 2.24) is 4.90 Å². The van der Waals surface area contributed by atoms with Gasteiger partial charge in [-0.1, -0.05) is 66.7 Å². The molecule has 1 aliphatic heterocycles. The van der Waals surface area contributed by atoms with Gasteiger partial charge in [0.25, 0.3) is 0 Å². The molecular formula is C29H31NO3. The van der Waals surface area contributed by atoms with E-state index in [1.54, 1.807) is 7.11 Å². The van der Waals surface area contributed by atoms with Gasteiger partial charge >= 0.3 is 0 Å². The van der Waals surface area contributed by atoms with Crippen molar-refractivity contribution >= 4 is 5.78 Å². The fourth-order valence-corrected chi connectivity index (χ4v) is 5.75. The third kappa shape index (κ3) is 4.87. The van der Waals surface area contributed by atoms with E-state index in [1.807, 2.05) is 66.7 Å². The minimum atomic E-state index is -0.608. The van der Waals surface area contributed by atoms with Gasteiger partial charge in [-0.15, -0.1) is 0 Å². The second-order valence-corrected chi connectivity index (χ2v) is 9.74. The molecule has 3 aromatic carbocycles. The second kappa shape index (κ2) is 9.12. The van der Waals surface area contributed by atoms with E-state index >= 15 is 0 Å². The van der Waals surface area contributed by atoms with Gasteiger partial charge in [0.1, 0.15) is 5.75 Å². The van der Waals surface area contributed by atoms with Crippen LogP contribution in [0.25, 0.3) is 11.1 Å². The molecule has 3 atom stereocenters. The summed E-state index contributed by atoms with van der Waals surface area (Å²) in [6.45, 7) is 2.24. The van der Waals surface area contributed by atoms with Crippen LogP contribution in [0.1, 0.15) is 28.8 Å². The maximum absolute atomic E-state index is 12.9. The molecule has 3 aromatic rings. The number of nitrogens with zero attached hydrogens (tertiary/aromatic N) is 1. The highest BCUT2D eigenvalue weighted by molar-refractivity contribution is 5.98. The molecule has 170 valence electrons. The lowest BCUT2D eigenvalue weighted by atomic mass is 9.91. The molecule has 4 nitrogen and oxygen atoms in total. The van der Waals surface area contributed by atoms with Gasteiger partial charge in [-0.3, -0.25) is 9.69 Å². The van der Waals surface area contributed by atoms with Crippen LogP contribution in [0.15, 0.2) is 78.9 Å². The number of fused-ring (bicyclic) bond motifs is 1. The third-order valence-electron chi connectivity index (χ3n) is 7.29. The smallest absolute Gasteiger partial charge is 0.176 e. The van der Waals surface area contributed by atoms with Crippen molar-refractivity contribution < 1.29 is 14.6 Å². The molecule has 0 amide bonds. The third-order valence-corrected chi connectivity index (χ3v) is 7.29. The second-order valence-electron chi connectivity index (χ2n) is 9.74. The molecule has 1 aliphatic carbocycles.